The van der Waals surface area contributed by atoms with Crippen LogP contribution in [0.2, 0.25) is 0 Å². The SMILES string of the molecule is C1=CC2=C(CC1)C1(c3ccccc3Oc3c(C4=CC(c5nnc(-c6ccccc6)o5)=CCC4)cccc31)c1ccccc12. The lowest BCUT2D eigenvalue weighted by molar-refractivity contribution is 0.430. The Morgan fingerprint density at radius 3 is 2.35 bits per heavy atom. The first-order valence-electron chi connectivity index (χ1n) is 15.0. The number of rotatable bonds is 3. The van der Waals surface area contributed by atoms with Crippen LogP contribution in [0.4, 0.5) is 0 Å². The highest BCUT2D eigenvalue weighted by atomic mass is 16.5. The van der Waals surface area contributed by atoms with E-state index in [0.717, 1.165) is 53.9 Å². The van der Waals surface area contributed by atoms with Crippen molar-refractivity contribution >= 4 is 16.7 Å². The number of hydrogen-bond acceptors (Lipinski definition) is 4. The van der Waals surface area contributed by atoms with Gasteiger partial charge in [-0.05, 0) is 77.8 Å². The van der Waals surface area contributed by atoms with Crippen LogP contribution in [0.3, 0.4) is 0 Å². The van der Waals surface area contributed by atoms with Gasteiger partial charge in [0.1, 0.15) is 11.5 Å². The van der Waals surface area contributed by atoms with Gasteiger partial charge in [-0.2, -0.15) is 0 Å². The molecule has 3 aliphatic carbocycles. The topological polar surface area (TPSA) is 48.2 Å². The summed E-state index contributed by atoms with van der Waals surface area (Å²) in [6.45, 7) is 0. The summed E-state index contributed by atoms with van der Waals surface area (Å²) < 4.78 is 13.0. The second-order valence-electron chi connectivity index (χ2n) is 11.6. The van der Waals surface area contributed by atoms with Gasteiger partial charge in [0.15, 0.2) is 0 Å². The Hall–Kier alpha value is -5.22. The molecule has 0 fully saturated rings. The van der Waals surface area contributed by atoms with Crippen molar-refractivity contribution in [3.63, 3.8) is 0 Å². The van der Waals surface area contributed by atoms with Gasteiger partial charge < -0.3 is 9.15 Å². The highest BCUT2D eigenvalue weighted by molar-refractivity contribution is 5.93. The molecule has 4 heteroatoms. The molecule has 1 aromatic heterocycles. The smallest absolute Gasteiger partial charge is 0.248 e. The van der Waals surface area contributed by atoms with Crippen molar-refractivity contribution in [2.75, 3.05) is 0 Å². The Labute approximate surface area is 250 Å². The first-order valence-corrected chi connectivity index (χ1v) is 15.0. The fraction of sp³-hybridized carbons (Fsp3) is 0.128. The molecular weight excluding hydrogens is 528 g/mol. The van der Waals surface area contributed by atoms with Gasteiger partial charge in [-0.3, -0.25) is 0 Å². The zero-order valence-corrected chi connectivity index (χ0v) is 23.6. The second kappa shape index (κ2) is 9.40. The summed E-state index contributed by atoms with van der Waals surface area (Å²) in [4.78, 5) is 0. The van der Waals surface area contributed by atoms with Gasteiger partial charge in [0, 0.05) is 27.8 Å². The summed E-state index contributed by atoms with van der Waals surface area (Å²) in [5.41, 5.74) is 11.8. The van der Waals surface area contributed by atoms with Gasteiger partial charge in [-0.15, -0.1) is 10.2 Å². The van der Waals surface area contributed by atoms with Crippen molar-refractivity contribution in [1.29, 1.82) is 0 Å². The normalized spacial score (nSPS) is 19.6. The molecule has 0 N–H and O–H groups in total. The monoisotopic (exact) mass is 556 g/mol. The Kier molecular flexibility index (Phi) is 5.33. The van der Waals surface area contributed by atoms with E-state index in [4.69, 9.17) is 9.15 Å². The zero-order valence-electron chi connectivity index (χ0n) is 23.6. The van der Waals surface area contributed by atoms with Crippen molar-refractivity contribution in [2.24, 2.45) is 0 Å². The van der Waals surface area contributed by atoms with Crippen LogP contribution in [-0.2, 0) is 5.41 Å². The van der Waals surface area contributed by atoms with E-state index in [0.29, 0.717) is 11.8 Å². The highest BCUT2D eigenvalue weighted by Crippen LogP contribution is 2.63. The standard InChI is InChI=1S/C39H28N2O2/c1-2-12-25(13-3-1)37-40-41-38(43-37)27-15-10-14-26(24-27)28-18-11-22-34-36(28)42-35-23-9-8-21-33(35)39(34)31-19-6-4-16-29(31)30-17-5-7-20-32(30)39/h1-6,8-9,11-13,15-19,21-24H,7,10,14,20H2. The minimum atomic E-state index is -0.387. The molecule has 0 bridgehead atoms. The summed E-state index contributed by atoms with van der Waals surface area (Å²) in [5, 5.41) is 8.76. The number of para-hydroxylation sites is 2. The van der Waals surface area contributed by atoms with E-state index in [9.17, 15) is 0 Å². The molecule has 4 aromatic carbocycles. The van der Waals surface area contributed by atoms with Crippen LogP contribution in [0, 0.1) is 0 Å². The first kappa shape index (κ1) is 24.4. The Morgan fingerprint density at radius 1 is 0.651 bits per heavy atom. The van der Waals surface area contributed by atoms with Crippen LogP contribution < -0.4 is 4.74 Å². The summed E-state index contributed by atoms with van der Waals surface area (Å²) in [7, 11) is 0. The first-order chi connectivity index (χ1) is 21.3. The fourth-order valence-electron chi connectivity index (χ4n) is 7.55. The largest absolute Gasteiger partial charge is 0.456 e. The van der Waals surface area contributed by atoms with Crippen LogP contribution in [0.5, 0.6) is 11.5 Å². The molecule has 0 amide bonds. The Balaban J connectivity index is 1.22. The third-order valence-corrected chi connectivity index (χ3v) is 9.31. The molecule has 5 aromatic rings. The van der Waals surface area contributed by atoms with Crippen molar-refractivity contribution in [2.45, 2.75) is 31.1 Å². The number of fused-ring (bicyclic) bond motifs is 8. The number of aromatic nitrogens is 2. The molecule has 4 nitrogen and oxygen atoms in total. The molecule has 1 aliphatic heterocycles. The third kappa shape index (κ3) is 3.50. The maximum atomic E-state index is 6.89. The third-order valence-electron chi connectivity index (χ3n) is 9.31. The van der Waals surface area contributed by atoms with Crippen LogP contribution in [0.1, 0.15) is 59.4 Å². The number of ether oxygens (including phenoxy) is 1. The number of allylic oxidation sites excluding steroid dienone is 8. The zero-order chi connectivity index (χ0) is 28.4. The summed E-state index contributed by atoms with van der Waals surface area (Å²) in [5.74, 6) is 2.94. The summed E-state index contributed by atoms with van der Waals surface area (Å²) >= 11 is 0. The molecular formula is C39H28N2O2. The maximum Gasteiger partial charge on any atom is 0.248 e. The Bertz CT molecular complexity index is 2060. The summed E-state index contributed by atoms with van der Waals surface area (Å²) in [6, 6.07) is 34.2. The molecule has 1 unspecified atom stereocenters. The van der Waals surface area contributed by atoms with Gasteiger partial charge in [-0.25, -0.2) is 0 Å². The molecule has 0 saturated carbocycles. The lowest BCUT2D eigenvalue weighted by Gasteiger charge is -2.42. The number of nitrogens with zero attached hydrogens (tertiary/aromatic N) is 2. The Morgan fingerprint density at radius 2 is 1.42 bits per heavy atom. The van der Waals surface area contributed by atoms with Crippen LogP contribution in [-0.4, -0.2) is 10.2 Å². The van der Waals surface area contributed by atoms with Crippen LogP contribution >= 0.6 is 0 Å². The molecule has 43 heavy (non-hydrogen) atoms. The average molecular weight is 557 g/mol. The van der Waals surface area contributed by atoms with Gasteiger partial charge in [0.25, 0.3) is 0 Å². The summed E-state index contributed by atoms with van der Waals surface area (Å²) in [6.07, 6.45) is 12.9. The van der Waals surface area contributed by atoms with E-state index in [1.165, 1.54) is 39.0 Å². The second-order valence-corrected chi connectivity index (χ2v) is 11.6. The van der Waals surface area contributed by atoms with Crippen molar-refractivity contribution < 1.29 is 9.15 Å². The molecule has 1 atom stereocenters. The van der Waals surface area contributed by atoms with E-state index in [1.807, 2.05) is 30.3 Å². The molecule has 0 saturated heterocycles. The predicted octanol–water partition coefficient (Wildman–Crippen LogP) is 9.55. The van der Waals surface area contributed by atoms with Crippen molar-refractivity contribution in [3.05, 3.63) is 161 Å². The molecule has 9 rings (SSSR count). The van der Waals surface area contributed by atoms with Crippen molar-refractivity contribution in [1.82, 2.24) is 10.2 Å². The predicted molar refractivity (Wildman–Crippen MR) is 169 cm³/mol. The van der Waals surface area contributed by atoms with E-state index < -0.39 is 0 Å². The molecule has 4 aliphatic rings. The van der Waals surface area contributed by atoms with E-state index in [2.05, 4.69) is 101 Å². The maximum absolute atomic E-state index is 6.89. The van der Waals surface area contributed by atoms with E-state index in [1.54, 1.807) is 0 Å². The number of benzene rings is 4. The molecule has 1 spiro atoms. The average Bonchev–Trinajstić information content (AvgIpc) is 3.69. The number of hydrogen-bond donors (Lipinski definition) is 0. The van der Waals surface area contributed by atoms with Gasteiger partial charge in [0.05, 0.1) is 5.41 Å². The van der Waals surface area contributed by atoms with Gasteiger partial charge in [-0.1, -0.05) is 97.1 Å². The minimum Gasteiger partial charge on any atom is -0.456 e. The highest BCUT2D eigenvalue weighted by Gasteiger charge is 2.52. The molecule has 2 heterocycles. The fourth-order valence-corrected chi connectivity index (χ4v) is 7.55. The van der Waals surface area contributed by atoms with E-state index in [-0.39, 0.29) is 5.41 Å². The van der Waals surface area contributed by atoms with E-state index >= 15 is 0 Å². The van der Waals surface area contributed by atoms with Crippen LogP contribution in [0.15, 0.2) is 131 Å². The van der Waals surface area contributed by atoms with Crippen molar-refractivity contribution in [3.8, 4) is 23.0 Å². The minimum absolute atomic E-state index is 0.387. The van der Waals surface area contributed by atoms with Gasteiger partial charge in [0.2, 0.25) is 11.8 Å². The molecule has 206 valence electrons. The van der Waals surface area contributed by atoms with Gasteiger partial charge >= 0.3 is 0 Å². The lowest BCUT2D eigenvalue weighted by Crippen LogP contribution is -2.34. The molecule has 0 radical (unpaired) electrons. The van der Waals surface area contributed by atoms with Crippen LogP contribution in [0.25, 0.3) is 28.2 Å². The lowest BCUT2D eigenvalue weighted by atomic mass is 9.63. The quantitative estimate of drug-likeness (QED) is 0.222.